The summed E-state index contributed by atoms with van der Waals surface area (Å²) in [4.78, 5) is 18.5. The number of sulfone groups is 1. The van der Waals surface area contributed by atoms with Gasteiger partial charge >= 0.3 is 0 Å². The lowest BCUT2D eigenvalue weighted by atomic mass is 10.1. The van der Waals surface area contributed by atoms with Gasteiger partial charge in [0.2, 0.25) is 20.9 Å². The van der Waals surface area contributed by atoms with E-state index in [4.69, 9.17) is 0 Å². The summed E-state index contributed by atoms with van der Waals surface area (Å²) in [5.41, 5.74) is 3.29. The van der Waals surface area contributed by atoms with Gasteiger partial charge in [0, 0.05) is 17.6 Å². The summed E-state index contributed by atoms with van der Waals surface area (Å²) in [5.74, 6) is -1.22. The Morgan fingerprint density at radius 3 is 2.64 bits per heavy atom. The van der Waals surface area contributed by atoms with Crippen molar-refractivity contribution in [3.63, 3.8) is 0 Å². The monoisotopic (exact) mass is 321 g/mol. The van der Waals surface area contributed by atoms with Gasteiger partial charge in [0.15, 0.2) is 0 Å². The van der Waals surface area contributed by atoms with Crippen LogP contribution in [0.2, 0.25) is 0 Å². The molecule has 2 N–H and O–H groups in total. The summed E-state index contributed by atoms with van der Waals surface area (Å²) >= 11 is 0. The Balaban J connectivity index is 2.10. The van der Waals surface area contributed by atoms with Crippen LogP contribution in [0.3, 0.4) is 0 Å². The van der Waals surface area contributed by atoms with Gasteiger partial charge in [0.05, 0.1) is 0 Å². The Hall–Kier alpha value is -2.15. The van der Waals surface area contributed by atoms with Crippen LogP contribution < -0.4 is 5.32 Å². The number of aromatic nitrogens is 2. The van der Waals surface area contributed by atoms with E-state index in [9.17, 15) is 13.2 Å². The highest BCUT2D eigenvalue weighted by molar-refractivity contribution is 7.92. The summed E-state index contributed by atoms with van der Waals surface area (Å²) in [6.45, 7) is 5.69. The SMILES string of the molecule is CCc1cnc(S(=O)(=O)CC(=O)Nc2ccc(C)cc2C)[nH]1. The Morgan fingerprint density at radius 2 is 2.05 bits per heavy atom. The lowest BCUT2D eigenvalue weighted by molar-refractivity contribution is -0.113. The fraction of sp³-hybridized carbons (Fsp3) is 0.333. The van der Waals surface area contributed by atoms with Crippen molar-refractivity contribution in [2.75, 3.05) is 11.1 Å². The molecule has 0 aliphatic heterocycles. The molecule has 0 saturated carbocycles. The molecule has 0 spiro atoms. The number of rotatable bonds is 5. The third-order valence-electron chi connectivity index (χ3n) is 3.26. The third kappa shape index (κ3) is 3.73. The maximum absolute atomic E-state index is 12.1. The molecule has 7 heteroatoms. The number of nitrogens with one attached hydrogen (secondary N) is 2. The van der Waals surface area contributed by atoms with Crippen LogP contribution in [-0.2, 0) is 21.1 Å². The fourth-order valence-corrected chi connectivity index (χ4v) is 3.11. The molecule has 0 fully saturated rings. The van der Waals surface area contributed by atoms with Gasteiger partial charge in [-0.05, 0) is 31.9 Å². The van der Waals surface area contributed by atoms with Crippen molar-refractivity contribution in [3.05, 3.63) is 41.2 Å². The van der Waals surface area contributed by atoms with Crippen LogP contribution in [0.4, 0.5) is 5.69 Å². The minimum Gasteiger partial charge on any atom is -0.333 e. The summed E-state index contributed by atoms with van der Waals surface area (Å²) < 4.78 is 24.3. The topological polar surface area (TPSA) is 91.9 Å². The number of imidazole rings is 1. The second kappa shape index (κ2) is 6.31. The van der Waals surface area contributed by atoms with E-state index in [1.807, 2.05) is 32.9 Å². The predicted octanol–water partition coefficient (Wildman–Crippen LogP) is 2.00. The van der Waals surface area contributed by atoms with E-state index in [2.05, 4.69) is 15.3 Å². The number of benzene rings is 1. The molecule has 22 heavy (non-hydrogen) atoms. The number of H-pyrrole nitrogens is 1. The number of aryl methyl sites for hydroxylation is 3. The Labute approximate surface area is 129 Å². The molecule has 2 aromatic rings. The van der Waals surface area contributed by atoms with Gasteiger partial charge in [-0.1, -0.05) is 24.6 Å². The number of carbonyl (C=O) groups is 1. The van der Waals surface area contributed by atoms with E-state index in [1.165, 1.54) is 6.20 Å². The second-order valence-corrected chi connectivity index (χ2v) is 7.10. The van der Waals surface area contributed by atoms with Crippen LogP contribution >= 0.6 is 0 Å². The van der Waals surface area contributed by atoms with Crippen LogP contribution in [0.25, 0.3) is 0 Å². The molecule has 2 rings (SSSR count). The van der Waals surface area contributed by atoms with Crippen molar-refractivity contribution in [2.45, 2.75) is 32.3 Å². The average Bonchev–Trinajstić information content (AvgIpc) is 2.91. The van der Waals surface area contributed by atoms with Crippen molar-refractivity contribution in [2.24, 2.45) is 0 Å². The highest BCUT2D eigenvalue weighted by Crippen LogP contribution is 2.16. The molecule has 0 aliphatic rings. The normalized spacial score (nSPS) is 11.4. The van der Waals surface area contributed by atoms with Crippen molar-refractivity contribution in [1.82, 2.24) is 9.97 Å². The first-order chi connectivity index (χ1) is 10.3. The molecule has 1 heterocycles. The first-order valence-electron chi connectivity index (χ1n) is 6.95. The minimum atomic E-state index is -3.77. The molecule has 118 valence electrons. The lowest BCUT2D eigenvalue weighted by Gasteiger charge is -2.09. The zero-order chi connectivity index (χ0) is 16.3. The highest BCUT2D eigenvalue weighted by atomic mass is 32.2. The van der Waals surface area contributed by atoms with E-state index in [0.29, 0.717) is 17.8 Å². The predicted molar refractivity (Wildman–Crippen MR) is 84.6 cm³/mol. The fourth-order valence-electron chi connectivity index (χ4n) is 2.06. The smallest absolute Gasteiger partial charge is 0.240 e. The van der Waals surface area contributed by atoms with Crippen molar-refractivity contribution in [1.29, 1.82) is 0 Å². The van der Waals surface area contributed by atoms with Crippen molar-refractivity contribution >= 4 is 21.4 Å². The van der Waals surface area contributed by atoms with Crippen molar-refractivity contribution in [3.8, 4) is 0 Å². The summed E-state index contributed by atoms with van der Waals surface area (Å²) in [6.07, 6.45) is 2.12. The number of hydrogen-bond donors (Lipinski definition) is 2. The number of hydrogen-bond acceptors (Lipinski definition) is 4. The number of carbonyl (C=O) groups excluding carboxylic acids is 1. The number of aromatic amines is 1. The molecular formula is C15H19N3O3S. The summed E-state index contributed by atoms with van der Waals surface area (Å²) in [7, 11) is -3.77. The molecule has 0 saturated heterocycles. The van der Waals surface area contributed by atoms with Crippen LogP contribution in [-0.4, -0.2) is 30.0 Å². The highest BCUT2D eigenvalue weighted by Gasteiger charge is 2.22. The van der Waals surface area contributed by atoms with Gasteiger partial charge in [0.25, 0.3) is 0 Å². The molecule has 0 radical (unpaired) electrons. The molecular weight excluding hydrogens is 302 g/mol. The van der Waals surface area contributed by atoms with Crippen LogP contribution in [0, 0.1) is 13.8 Å². The molecule has 1 aromatic heterocycles. The first-order valence-corrected chi connectivity index (χ1v) is 8.61. The molecule has 0 atom stereocenters. The van der Waals surface area contributed by atoms with E-state index in [1.54, 1.807) is 6.07 Å². The Kier molecular flexibility index (Phi) is 4.65. The van der Waals surface area contributed by atoms with Crippen LogP contribution in [0.1, 0.15) is 23.7 Å². The van der Waals surface area contributed by atoms with Crippen LogP contribution in [0.15, 0.2) is 29.6 Å². The van der Waals surface area contributed by atoms with Crippen molar-refractivity contribution < 1.29 is 13.2 Å². The number of nitrogens with zero attached hydrogens (tertiary/aromatic N) is 1. The molecule has 6 nitrogen and oxygen atoms in total. The van der Waals surface area contributed by atoms with E-state index in [-0.39, 0.29) is 5.16 Å². The zero-order valence-electron chi connectivity index (χ0n) is 12.8. The van der Waals surface area contributed by atoms with Gasteiger partial charge in [-0.2, -0.15) is 0 Å². The van der Waals surface area contributed by atoms with E-state index >= 15 is 0 Å². The molecule has 1 aromatic carbocycles. The van der Waals surface area contributed by atoms with Gasteiger partial charge in [-0.25, -0.2) is 13.4 Å². The van der Waals surface area contributed by atoms with Gasteiger partial charge in [0.1, 0.15) is 5.75 Å². The van der Waals surface area contributed by atoms with E-state index in [0.717, 1.165) is 11.1 Å². The van der Waals surface area contributed by atoms with Gasteiger partial charge < -0.3 is 10.3 Å². The van der Waals surface area contributed by atoms with Gasteiger partial charge in [-0.3, -0.25) is 4.79 Å². The molecule has 0 bridgehead atoms. The Bertz CT molecular complexity index is 794. The van der Waals surface area contributed by atoms with E-state index < -0.39 is 21.5 Å². The molecule has 0 unspecified atom stereocenters. The maximum Gasteiger partial charge on any atom is 0.240 e. The Morgan fingerprint density at radius 1 is 1.32 bits per heavy atom. The van der Waals surface area contributed by atoms with Gasteiger partial charge in [-0.15, -0.1) is 0 Å². The average molecular weight is 321 g/mol. The largest absolute Gasteiger partial charge is 0.333 e. The summed E-state index contributed by atoms with van der Waals surface area (Å²) in [5, 5.41) is 2.46. The number of amides is 1. The maximum atomic E-state index is 12.1. The quantitative estimate of drug-likeness (QED) is 0.881. The minimum absolute atomic E-state index is 0.167. The molecule has 1 amide bonds. The van der Waals surface area contributed by atoms with Crippen LogP contribution in [0.5, 0.6) is 0 Å². The zero-order valence-corrected chi connectivity index (χ0v) is 13.6. The standard InChI is InChI=1S/C15H19N3O3S/c1-4-12-8-16-15(17-12)22(20,21)9-14(19)18-13-6-5-10(2)7-11(13)3/h5-8H,4,9H2,1-3H3,(H,16,17)(H,18,19). The lowest BCUT2D eigenvalue weighted by Crippen LogP contribution is -2.24. The number of anilines is 1. The summed E-state index contributed by atoms with van der Waals surface area (Å²) in [6, 6.07) is 5.54. The first kappa shape index (κ1) is 16.2. The second-order valence-electron chi connectivity index (χ2n) is 5.19. The molecule has 0 aliphatic carbocycles. The third-order valence-corrected chi connectivity index (χ3v) is 4.70.